The van der Waals surface area contributed by atoms with Crippen LogP contribution in [0.15, 0.2) is 6.07 Å². The Balaban J connectivity index is 3.07. The summed E-state index contributed by atoms with van der Waals surface area (Å²) in [5.74, 6) is 0.216. The Hall–Kier alpha value is -0.0900. The van der Waals surface area contributed by atoms with Crippen LogP contribution in [0.5, 0.6) is 0 Å². The van der Waals surface area contributed by atoms with Crippen molar-refractivity contribution in [3.63, 3.8) is 0 Å². The Bertz CT molecular complexity index is 322. The highest BCUT2D eigenvalue weighted by atomic mass is 35.6. The lowest BCUT2D eigenvalue weighted by Gasteiger charge is -2.11. The summed E-state index contributed by atoms with van der Waals surface area (Å²) in [7, 11) is 1.83. The molecule has 0 fully saturated rings. The van der Waals surface area contributed by atoms with E-state index in [1.807, 2.05) is 20.0 Å². The van der Waals surface area contributed by atoms with E-state index in [4.69, 9.17) is 34.8 Å². The average molecular weight is 255 g/mol. The van der Waals surface area contributed by atoms with E-state index in [-0.39, 0.29) is 5.82 Å². The van der Waals surface area contributed by atoms with Crippen molar-refractivity contribution in [3.05, 3.63) is 23.3 Å². The Labute approximate surface area is 97.8 Å². The van der Waals surface area contributed by atoms with Gasteiger partial charge in [0.15, 0.2) is 5.82 Å². The fourth-order valence-corrected chi connectivity index (χ4v) is 1.29. The maximum absolute atomic E-state index is 5.69. The molecule has 1 aromatic heterocycles. The molecule has 0 unspecified atom stereocenters. The van der Waals surface area contributed by atoms with Crippen molar-refractivity contribution in [1.82, 2.24) is 15.3 Å². The van der Waals surface area contributed by atoms with Crippen molar-refractivity contribution < 1.29 is 0 Å². The highest BCUT2D eigenvalue weighted by molar-refractivity contribution is 6.66. The molecule has 0 spiro atoms. The molecule has 0 bridgehead atoms. The number of aromatic nitrogens is 2. The summed E-state index contributed by atoms with van der Waals surface area (Å²) in [6, 6.07) is 1.84. The molecule has 1 heterocycles. The molecule has 0 amide bonds. The summed E-state index contributed by atoms with van der Waals surface area (Å²) >= 11 is 17.1. The Morgan fingerprint density at radius 3 is 2.50 bits per heavy atom. The molecule has 0 saturated heterocycles. The standard InChI is InChI=1S/C8H10Cl3N3/c1-5-3-6(4-12-2)14-7(13-5)8(9,10)11/h3,12H,4H2,1-2H3. The van der Waals surface area contributed by atoms with Crippen LogP contribution in [0.2, 0.25) is 0 Å². The first kappa shape index (κ1) is 12.0. The SMILES string of the molecule is CNCc1cc(C)nc(C(Cl)(Cl)Cl)n1. The van der Waals surface area contributed by atoms with Gasteiger partial charge in [0, 0.05) is 12.2 Å². The molecule has 78 valence electrons. The number of alkyl halides is 3. The lowest BCUT2D eigenvalue weighted by molar-refractivity contribution is 0.766. The highest BCUT2D eigenvalue weighted by Gasteiger charge is 2.27. The average Bonchev–Trinajstić information content (AvgIpc) is 2.02. The van der Waals surface area contributed by atoms with Crippen molar-refractivity contribution >= 4 is 34.8 Å². The molecule has 0 aliphatic carbocycles. The van der Waals surface area contributed by atoms with Crippen molar-refractivity contribution in [3.8, 4) is 0 Å². The largest absolute Gasteiger partial charge is 0.314 e. The number of halogens is 3. The minimum absolute atomic E-state index is 0.216. The van der Waals surface area contributed by atoms with Crippen LogP contribution >= 0.6 is 34.8 Å². The smallest absolute Gasteiger partial charge is 0.250 e. The number of rotatable bonds is 2. The molecular formula is C8H10Cl3N3. The van der Waals surface area contributed by atoms with Crippen LogP contribution in [-0.2, 0) is 10.3 Å². The topological polar surface area (TPSA) is 37.8 Å². The Kier molecular flexibility index (Phi) is 3.95. The zero-order valence-electron chi connectivity index (χ0n) is 7.81. The molecule has 14 heavy (non-hydrogen) atoms. The summed E-state index contributed by atoms with van der Waals surface area (Å²) in [4.78, 5) is 8.18. The summed E-state index contributed by atoms with van der Waals surface area (Å²) in [5.41, 5.74) is 1.59. The van der Waals surface area contributed by atoms with Gasteiger partial charge < -0.3 is 5.32 Å². The lowest BCUT2D eigenvalue weighted by atomic mass is 10.3. The molecule has 6 heteroatoms. The van der Waals surface area contributed by atoms with E-state index in [2.05, 4.69) is 15.3 Å². The highest BCUT2D eigenvalue weighted by Crippen LogP contribution is 2.35. The van der Waals surface area contributed by atoms with Gasteiger partial charge in [0.25, 0.3) is 0 Å². The van der Waals surface area contributed by atoms with Crippen LogP contribution in [0, 0.1) is 6.92 Å². The van der Waals surface area contributed by atoms with Gasteiger partial charge in [-0.2, -0.15) is 0 Å². The van der Waals surface area contributed by atoms with E-state index >= 15 is 0 Å². The van der Waals surface area contributed by atoms with Gasteiger partial charge in [-0.05, 0) is 20.0 Å². The minimum atomic E-state index is -1.56. The van der Waals surface area contributed by atoms with Gasteiger partial charge in [0.1, 0.15) is 0 Å². The van der Waals surface area contributed by atoms with Crippen molar-refractivity contribution in [1.29, 1.82) is 0 Å². The first-order valence-corrected chi connectivity index (χ1v) is 5.13. The molecule has 1 rings (SSSR count). The lowest BCUT2D eigenvalue weighted by Crippen LogP contribution is -2.14. The van der Waals surface area contributed by atoms with Crippen molar-refractivity contribution in [2.24, 2.45) is 0 Å². The Morgan fingerprint density at radius 2 is 2.00 bits per heavy atom. The van der Waals surface area contributed by atoms with E-state index < -0.39 is 3.79 Å². The molecular weight excluding hydrogens is 244 g/mol. The molecule has 1 N–H and O–H groups in total. The molecule has 0 saturated carbocycles. The number of nitrogens with zero attached hydrogens (tertiary/aromatic N) is 2. The summed E-state index contributed by atoms with van der Waals surface area (Å²) in [5, 5.41) is 2.97. The van der Waals surface area contributed by atoms with Gasteiger partial charge in [0.2, 0.25) is 3.79 Å². The third-order valence-electron chi connectivity index (χ3n) is 1.52. The Morgan fingerprint density at radius 1 is 1.36 bits per heavy atom. The van der Waals surface area contributed by atoms with Gasteiger partial charge >= 0.3 is 0 Å². The summed E-state index contributed by atoms with van der Waals surface area (Å²) in [6.45, 7) is 2.46. The predicted molar refractivity (Wildman–Crippen MR) is 58.8 cm³/mol. The molecule has 0 aliphatic heterocycles. The van der Waals surface area contributed by atoms with E-state index in [0.29, 0.717) is 6.54 Å². The third-order valence-corrected chi connectivity index (χ3v) is 2.03. The molecule has 0 aliphatic rings. The van der Waals surface area contributed by atoms with Crippen molar-refractivity contribution in [2.45, 2.75) is 17.3 Å². The normalized spacial score (nSPS) is 11.8. The van der Waals surface area contributed by atoms with Crippen LogP contribution < -0.4 is 5.32 Å². The maximum atomic E-state index is 5.69. The van der Waals surface area contributed by atoms with Gasteiger partial charge in [0.05, 0.1) is 5.69 Å². The second kappa shape index (κ2) is 4.62. The zero-order chi connectivity index (χ0) is 10.8. The number of hydrogen-bond acceptors (Lipinski definition) is 3. The van der Waals surface area contributed by atoms with Crippen LogP contribution in [0.3, 0.4) is 0 Å². The van der Waals surface area contributed by atoms with E-state index in [9.17, 15) is 0 Å². The molecule has 0 atom stereocenters. The zero-order valence-corrected chi connectivity index (χ0v) is 10.1. The first-order valence-electron chi connectivity index (χ1n) is 4.00. The second-order valence-corrected chi connectivity index (χ2v) is 5.13. The van der Waals surface area contributed by atoms with Crippen LogP contribution in [0.1, 0.15) is 17.2 Å². The van der Waals surface area contributed by atoms with E-state index in [0.717, 1.165) is 11.4 Å². The fraction of sp³-hybridized carbons (Fsp3) is 0.500. The molecule has 1 aromatic rings. The van der Waals surface area contributed by atoms with Crippen LogP contribution in [0.4, 0.5) is 0 Å². The van der Waals surface area contributed by atoms with Gasteiger partial charge in [-0.1, -0.05) is 34.8 Å². The van der Waals surface area contributed by atoms with E-state index in [1.165, 1.54) is 0 Å². The van der Waals surface area contributed by atoms with Gasteiger partial charge in [-0.15, -0.1) is 0 Å². The first-order chi connectivity index (χ1) is 6.43. The summed E-state index contributed by atoms with van der Waals surface area (Å²) in [6.07, 6.45) is 0. The van der Waals surface area contributed by atoms with Gasteiger partial charge in [-0.3, -0.25) is 0 Å². The van der Waals surface area contributed by atoms with Gasteiger partial charge in [-0.25, -0.2) is 9.97 Å². The predicted octanol–water partition coefficient (Wildman–Crippen LogP) is 2.33. The third kappa shape index (κ3) is 3.24. The second-order valence-electron chi connectivity index (χ2n) is 2.85. The summed E-state index contributed by atoms with van der Waals surface area (Å²) < 4.78 is -1.56. The quantitative estimate of drug-likeness (QED) is 0.823. The van der Waals surface area contributed by atoms with Crippen LogP contribution in [-0.4, -0.2) is 17.0 Å². The molecule has 0 aromatic carbocycles. The molecule has 0 radical (unpaired) electrons. The maximum Gasteiger partial charge on any atom is 0.250 e. The van der Waals surface area contributed by atoms with Crippen molar-refractivity contribution in [2.75, 3.05) is 7.05 Å². The van der Waals surface area contributed by atoms with Crippen LogP contribution in [0.25, 0.3) is 0 Å². The van der Waals surface area contributed by atoms with E-state index in [1.54, 1.807) is 0 Å². The minimum Gasteiger partial charge on any atom is -0.314 e. The number of aryl methyl sites for hydroxylation is 1. The number of hydrogen-bond donors (Lipinski definition) is 1. The monoisotopic (exact) mass is 253 g/mol. The fourth-order valence-electron chi connectivity index (χ4n) is 1.03. The molecule has 3 nitrogen and oxygen atoms in total. The number of nitrogens with one attached hydrogen (secondary N) is 1.